The number of rotatable bonds is 9. The third kappa shape index (κ3) is 4.87. The first-order chi connectivity index (χ1) is 16.9. The smallest absolute Gasteiger partial charge is 0.427 e. The van der Waals surface area contributed by atoms with Gasteiger partial charge in [-0.2, -0.15) is 83.4 Å². The number of anilines is 2. The van der Waals surface area contributed by atoms with Crippen LogP contribution in [0.15, 0.2) is 28.4 Å². The standard InChI is InChI=1S/C16H6BrF19N2O/c17-3-1-5(38)6(2-4(3)37)39-8(19)7(18)9(20,21)10(22,23)11(24,25)12(26,27)13(28,29)14(30,31)15(32,33)16(34,35)36/h1-2H,37-38H2. The third-order valence-corrected chi connectivity index (χ3v) is 5.19. The Kier molecular flexibility index (Phi) is 8.47. The highest BCUT2D eigenvalue weighted by molar-refractivity contribution is 9.10. The Hall–Kier alpha value is -2.49. The van der Waals surface area contributed by atoms with Crippen molar-refractivity contribution in [1.82, 2.24) is 0 Å². The molecular formula is C16H6BrF19N2O. The largest absolute Gasteiger partial charge is 0.460 e. The number of halogens is 20. The number of benzene rings is 1. The van der Waals surface area contributed by atoms with Crippen molar-refractivity contribution in [3.05, 3.63) is 28.4 Å². The molecule has 0 fully saturated rings. The zero-order valence-electron chi connectivity index (χ0n) is 17.3. The molecule has 0 saturated carbocycles. The van der Waals surface area contributed by atoms with Gasteiger partial charge < -0.3 is 16.2 Å². The fraction of sp³-hybridized carbons (Fsp3) is 0.500. The molecule has 23 heteroatoms. The molecule has 0 aromatic heterocycles. The second-order valence-electron chi connectivity index (χ2n) is 7.12. The molecule has 0 bridgehead atoms. The van der Waals surface area contributed by atoms with E-state index in [9.17, 15) is 83.4 Å². The van der Waals surface area contributed by atoms with E-state index in [0.717, 1.165) is 0 Å². The highest BCUT2D eigenvalue weighted by atomic mass is 79.9. The molecule has 0 radical (unpaired) electrons. The zero-order valence-corrected chi connectivity index (χ0v) is 18.9. The maximum Gasteiger partial charge on any atom is 0.460 e. The first kappa shape index (κ1) is 34.5. The van der Waals surface area contributed by atoms with Gasteiger partial charge >= 0.3 is 53.6 Å². The number of ether oxygens (including phenoxy) is 1. The van der Waals surface area contributed by atoms with Crippen molar-refractivity contribution < 1.29 is 88.2 Å². The van der Waals surface area contributed by atoms with Crippen molar-refractivity contribution in [3.8, 4) is 5.75 Å². The van der Waals surface area contributed by atoms with Crippen LogP contribution in [0.4, 0.5) is 94.8 Å². The van der Waals surface area contributed by atoms with E-state index in [1.165, 1.54) is 0 Å². The highest BCUT2D eigenvalue weighted by Crippen LogP contribution is 2.64. The van der Waals surface area contributed by atoms with Crippen molar-refractivity contribution >= 4 is 27.3 Å². The van der Waals surface area contributed by atoms with E-state index in [1.807, 2.05) is 0 Å². The highest BCUT2D eigenvalue weighted by Gasteiger charge is 2.95. The monoisotopic (exact) mass is 682 g/mol. The second-order valence-corrected chi connectivity index (χ2v) is 7.97. The zero-order chi connectivity index (χ0) is 31.6. The van der Waals surface area contributed by atoms with Crippen molar-refractivity contribution in [2.24, 2.45) is 0 Å². The first-order valence-corrected chi connectivity index (χ1v) is 9.46. The molecule has 1 aromatic rings. The van der Waals surface area contributed by atoms with E-state index >= 15 is 0 Å². The molecule has 1 rings (SSSR count). The van der Waals surface area contributed by atoms with Crippen LogP contribution in [-0.4, -0.2) is 47.6 Å². The lowest BCUT2D eigenvalue weighted by molar-refractivity contribution is -0.460. The van der Waals surface area contributed by atoms with E-state index in [1.54, 1.807) is 0 Å². The number of allylic oxidation sites excluding steroid dienone is 1. The Morgan fingerprint density at radius 2 is 0.923 bits per heavy atom. The molecule has 0 unspecified atom stereocenters. The van der Waals surface area contributed by atoms with Crippen LogP contribution in [0.5, 0.6) is 5.75 Å². The molecule has 4 N–H and O–H groups in total. The summed E-state index contributed by atoms with van der Waals surface area (Å²) in [6.45, 7) is 0. The molecule has 0 aliphatic carbocycles. The summed E-state index contributed by atoms with van der Waals surface area (Å²) in [5.41, 5.74) is 8.93. The topological polar surface area (TPSA) is 61.3 Å². The van der Waals surface area contributed by atoms with Gasteiger partial charge in [0.2, 0.25) is 5.83 Å². The summed E-state index contributed by atoms with van der Waals surface area (Å²) >= 11 is 2.69. The van der Waals surface area contributed by atoms with Gasteiger partial charge in [-0.3, -0.25) is 0 Å². The van der Waals surface area contributed by atoms with E-state index in [-0.39, 0.29) is 4.47 Å². The van der Waals surface area contributed by atoms with Crippen LogP contribution in [-0.2, 0) is 0 Å². The molecule has 3 nitrogen and oxygen atoms in total. The van der Waals surface area contributed by atoms with Gasteiger partial charge in [0.1, 0.15) is 0 Å². The Labute approximate surface area is 209 Å². The minimum absolute atomic E-state index is 0.148. The quantitative estimate of drug-likeness (QED) is 0.157. The number of nitrogens with two attached hydrogens (primary N) is 2. The minimum Gasteiger partial charge on any atom is -0.427 e. The van der Waals surface area contributed by atoms with Crippen LogP contribution >= 0.6 is 15.9 Å². The number of hydrogen-bond donors (Lipinski definition) is 2. The Balaban J connectivity index is 3.70. The molecule has 1 aromatic carbocycles. The Morgan fingerprint density at radius 1 is 0.564 bits per heavy atom. The van der Waals surface area contributed by atoms with Crippen molar-refractivity contribution in [2.45, 2.75) is 47.6 Å². The summed E-state index contributed by atoms with van der Waals surface area (Å²) in [6, 6.07) is -2.71. The molecular weight excluding hydrogens is 677 g/mol. The van der Waals surface area contributed by atoms with Gasteiger partial charge in [-0.25, -0.2) is 0 Å². The summed E-state index contributed by atoms with van der Waals surface area (Å²) in [4.78, 5) is 0. The summed E-state index contributed by atoms with van der Waals surface area (Å²) in [7, 11) is 0. The van der Waals surface area contributed by atoms with E-state index < -0.39 is 76.6 Å². The normalized spacial score (nSPS) is 15.8. The molecule has 0 heterocycles. The number of hydrogen-bond acceptors (Lipinski definition) is 3. The minimum atomic E-state index is -8.95. The van der Waals surface area contributed by atoms with Gasteiger partial charge in [0.05, 0.1) is 5.69 Å². The summed E-state index contributed by atoms with van der Waals surface area (Å²) < 4.78 is 255. The first-order valence-electron chi connectivity index (χ1n) is 8.67. The summed E-state index contributed by atoms with van der Waals surface area (Å²) in [5.74, 6) is -66.0. The van der Waals surface area contributed by atoms with Crippen LogP contribution in [0.3, 0.4) is 0 Å². The summed E-state index contributed by atoms with van der Waals surface area (Å²) in [5, 5.41) is 0. The average Bonchev–Trinajstić information content (AvgIpc) is 2.75. The predicted octanol–water partition coefficient (Wildman–Crippen LogP) is 8.11. The van der Waals surface area contributed by atoms with Crippen LogP contribution in [0, 0.1) is 0 Å². The SMILES string of the molecule is Nc1cc(OC(F)=C(F)C(F)(F)C(F)(F)C(F)(F)C(F)(F)C(F)(F)C(F)(F)C(F)(F)C(F)(F)F)c(N)cc1Br. The van der Waals surface area contributed by atoms with Crippen LogP contribution in [0.2, 0.25) is 0 Å². The van der Waals surface area contributed by atoms with Crippen molar-refractivity contribution in [2.75, 3.05) is 11.5 Å². The lowest BCUT2D eigenvalue weighted by atomic mass is 9.88. The Bertz CT molecular complexity index is 1130. The van der Waals surface area contributed by atoms with Gasteiger partial charge in [-0.1, -0.05) is 0 Å². The van der Waals surface area contributed by atoms with E-state index in [2.05, 4.69) is 20.7 Å². The fourth-order valence-corrected chi connectivity index (χ4v) is 2.60. The number of alkyl halides is 17. The maximum absolute atomic E-state index is 13.8. The lowest BCUT2D eigenvalue weighted by Gasteiger charge is -2.42. The van der Waals surface area contributed by atoms with Gasteiger partial charge in [0, 0.05) is 16.2 Å². The molecule has 226 valence electrons. The van der Waals surface area contributed by atoms with Gasteiger partial charge in [-0.05, 0) is 22.0 Å². The Morgan fingerprint density at radius 3 is 1.31 bits per heavy atom. The fourth-order valence-electron chi connectivity index (χ4n) is 2.24. The second kappa shape index (κ2) is 9.56. The summed E-state index contributed by atoms with van der Waals surface area (Å²) in [6.07, 6.45) is -7.93. The van der Waals surface area contributed by atoms with E-state index in [4.69, 9.17) is 11.5 Å². The van der Waals surface area contributed by atoms with Crippen LogP contribution in [0.1, 0.15) is 0 Å². The lowest BCUT2D eigenvalue weighted by Crippen LogP contribution is -2.74. The number of nitrogen functional groups attached to an aromatic ring is 2. The van der Waals surface area contributed by atoms with Gasteiger partial charge in [0.25, 0.3) is 0 Å². The molecule has 0 amide bonds. The van der Waals surface area contributed by atoms with Crippen LogP contribution in [0.25, 0.3) is 0 Å². The molecule has 0 aliphatic rings. The third-order valence-electron chi connectivity index (χ3n) is 4.50. The maximum atomic E-state index is 13.8. The molecule has 0 aliphatic heterocycles. The molecule has 0 spiro atoms. The van der Waals surface area contributed by atoms with Gasteiger partial charge in [-0.15, -0.1) is 0 Å². The van der Waals surface area contributed by atoms with E-state index in [0.29, 0.717) is 12.1 Å². The van der Waals surface area contributed by atoms with Crippen molar-refractivity contribution in [1.29, 1.82) is 0 Å². The predicted molar refractivity (Wildman–Crippen MR) is 93.5 cm³/mol. The van der Waals surface area contributed by atoms with Gasteiger partial charge in [0.15, 0.2) is 5.75 Å². The molecule has 39 heavy (non-hydrogen) atoms. The van der Waals surface area contributed by atoms with Crippen molar-refractivity contribution in [3.63, 3.8) is 0 Å². The molecule has 0 atom stereocenters. The molecule has 0 saturated heterocycles. The van der Waals surface area contributed by atoms with Crippen LogP contribution < -0.4 is 16.2 Å². The average molecular weight is 683 g/mol.